The largest absolute Gasteiger partial charge is 0.353 e. The fourth-order valence-electron chi connectivity index (χ4n) is 3.36. The van der Waals surface area contributed by atoms with Crippen LogP contribution in [0.1, 0.15) is 17.1 Å². The van der Waals surface area contributed by atoms with Crippen molar-refractivity contribution in [3.63, 3.8) is 0 Å². The van der Waals surface area contributed by atoms with Gasteiger partial charge in [-0.15, -0.1) is 0 Å². The molecule has 4 rings (SSSR count). The van der Waals surface area contributed by atoms with Crippen molar-refractivity contribution < 1.29 is 13.0 Å². The zero-order valence-electron chi connectivity index (χ0n) is 12.3. The number of nitrogens with zero attached hydrogens (tertiary/aromatic N) is 2. The van der Waals surface area contributed by atoms with Crippen LogP contribution in [-0.2, 0) is 28.8 Å². The Balaban J connectivity index is 2.00. The van der Waals surface area contributed by atoms with E-state index in [1.165, 1.54) is 0 Å². The van der Waals surface area contributed by atoms with Crippen LogP contribution in [0.5, 0.6) is 0 Å². The van der Waals surface area contributed by atoms with E-state index >= 15 is 0 Å². The Kier molecular flexibility index (Phi) is 3.20. The summed E-state index contributed by atoms with van der Waals surface area (Å²) >= 11 is 3.49. The van der Waals surface area contributed by atoms with Crippen molar-refractivity contribution in [2.24, 2.45) is 0 Å². The third-order valence-electron chi connectivity index (χ3n) is 4.24. The van der Waals surface area contributed by atoms with E-state index in [0.29, 0.717) is 5.69 Å². The summed E-state index contributed by atoms with van der Waals surface area (Å²) in [6.07, 6.45) is 0.849. The van der Waals surface area contributed by atoms with Crippen LogP contribution in [0, 0.1) is 6.92 Å². The van der Waals surface area contributed by atoms with Gasteiger partial charge in [-0.2, -0.15) is 8.42 Å². The van der Waals surface area contributed by atoms with Gasteiger partial charge in [0.25, 0.3) is 10.1 Å². The number of rotatable bonds is 2. The molecule has 0 saturated carbocycles. The predicted molar refractivity (Wildman–Crippen MR) is 90.9 cm³/mol. The van der Waals surface area contributed by atoms with Gasteiger partial charge in [0.05, 0.1) is 17.1 Å². The van der Waals surface area contributed by atoms with E-state index < -0.39 is 15.9 Å². The van der Waals surface area contributed by atoms with Crippen LogP contribution in [0.4, 0.5) is 0 Å². The fourth-order valence-corrected chi connectivity index (χ4v) is 4.27. The van der Waals surface area contributed by atoms with Crippen LogP contribution < -0.4 is 0 Å². The maximum atomic E-state index is 11.3. The van der Waals surface area contributed by atoms with Crippen LogP contribution in [0.3, 0.4) is 0 Å². The lowest BCUT2D eigenvalue weighted by atomic mass is 10.0. The molecule has 1 aliphatic heterocycles. The zero-order chi connectivity index (χ0) is 16.4. The molecular weight excluding hydrogens is 382 g/mol. The van der Waals surface area contributed by atoms with Crippen molar-refractivity contribution in [2.75, 3.05) is 0 Å². The van der Waals surface area contributed by atoms with Crippen molar-refractivity contribution in [1.82, 2.24) is 14.5 Å². The van der Waals surface area contributed by atoms with Gasteiger partial charge in [-0.3, -0.25) is 4.55 Å². The number of hydrogen-bond acceptors (Lipinski definition) is 3. The number of fused-ring (bicyclic) bond motifs is 5. The average molecular weight is 396 g/mol. The maximum absolute atomic E-state index is 11.3. The summed E-state index contributed by atoms with van der Waals surface area (Å²) in [6, 6.07) is 6.02. The first-order chi connectivity index (χ1) is 10.8. The average Bonchev–Trinajstić information content (AvgIpc) is 2.95. The Bertz CT molecular complexity index is 1050. The molecule has 120 valence electrons. The lowest BCUT2D eigenvalue weighted by Crippen LogP contribution is -2.12. The van der Waals surface area contributed by atoms with Gasteiger partial charge < -0.3 is 9.55 Å². The van der Waals surface area contributed by atoms with Gasteiger partial charge in [0.1, 0.15) is 11.6 Å². The van der Waals surface area contributed by atoms with Gasteiger partial charge in [-0.05, 0) is 37.1 Å². The van der Waals surface area contributed by atoms with Crippen LogP contribution in [0.2, 0.25) is 0 Å². The van der Waals surface area contributed by atoms with E-state index in [1.807, 2.05) is 23.6 Å². The highest BCUT2D eigenvalue weighted by atomic mass is 79.9. The second-order valence-corrected chi connectivity index (χ2v) is 8.12. The van der Waals surface area contributed by atoms with Crippen molar-refractivity contribution in [1.29, 1.82) is 0 Å². The summed E-state index contributed by atoms with van der Waals surface area (Å²) < 4.78 is 34.8. The lowest BCUT2D eigenvalue weighted by molar-refractivity contribution is 0.481. The summed E-state index contributed by atoms with van der Waals surface area (Å²) in [5.74, 6) is 0.276. The third-order valence-corrected chi connectivity index (χ3v) is 5.37. The van der Waals surface area contributed by atoms with Crippen LogP contribution in [0.25, 0.3) is 22.3 Å². The molecule has 0 fully saturated rings. The van der Waals surface area contributed by atoms with Crippen molar-refractivity contribution >= 4 is 37.0 Å². The number of H-pyrrole nitrogens is 1. The molecule has 0 spiro atoms. The van der Waals surface area contributed by atoms with E-state index in [2.05, 4.69) is 32.0 Å². The quantitative estimate of drug-likeness (QED) is 0.652. The minimum atomic E-state index is -4.13. The molecule has 3 heterocycles. The number of aromatic amines is 1. The number of halogens is 1. The third kappa shape index (κ3) is 2.41. The van der Waals surface area contributed by atoms with Gasteiger partial charge >= 0.3 is 0 Å². The first-order valence-electron chi connectivity index (χ1n) is 7.15. The molecule has 0 aliphatic carbocycles. The summed E-state index contributed by atoms with van der Waals surface area (Å²) in [6.45, 7) is 2.59. The minimum absolute atomic E-state index is 0.386. The van der Waals surface area contributed by atoms with Crippen LogP contribution in [-0.4, -0.2) is 27.5 Å². The molecule has 8 heteroatoms. The fraction of sp³-hybridized carbons (Fsp3) is 0.267. The van der Waals surface area contributed by atoms with Crippen LogP contribution >= 0.6 is 15.9 Å². The minimum Gasteiger partial charge on any atom is -0.353 e. The van der Waals surface area contributed by atoms with E-state index in [-0.39, 0.29) is 0 Å². The van der Waals surface area contributed by atoms with E-state index in [1.54, 1.807) is 0 Å². The summed E-state index contributed by atoms with van der Waals surface area (Å²) in [4.78, 5) is 7.74. The molecule has 6 nitrogen and oxygen atoms in total. The van der Waals surface area contributed by atoms with Gasteiger partial charge in [0.15, 0.2) is 0 Å². The van der Waals surface area contributed by atoms with E-state index in [0.717, 1.165) is 51.1 Å². The summed E-state index contributed by atoms with van der Waals surface area (Å²) in [5, 5.41) is 1.12. The molecule has 0 amide bonds. The number of hydrogen-bond donors (Lipinski definition) is 2. The van der Waals surface area contributed by atoms with Gasteiger partial charge in [0, 0.05) is 21.9 Å². The first kappa shape index (κ1) is 14.9. The highest BCUT2D eigenvalue weighted by Crippen LogP contribution is 2.38. The summed E-state index contributed by atoms with van der Waals surface area (Å²) in [5.41, 5.74) is 4.20. The highest BCUT2D eigenvalue weighted by Gasteiger charge is 2.28. The Morgan fingerprint density at radius 2 is 2.22 bits per heavy atom. The van der Waals surface area contributed by atoms with Gasteiger partial charge in [-0.1, -0.05) is 15.9 Å². The molecule has 0 bridgehead atoms. The summed E-state index contributed by atoms with van der Waals surface area (Å²) in [7, 11) is -4.13. The monoisotopic (exact) mass is 395 g/mol. The van der Waals surface area contributed by atoms with Gasteiger partial charge in [-0.25, -0.2) is 4.98 Å². The van der Waals surface area contributed by atoms with Gasteiger partial charge in [0.2, 0.25) is 0 Å². The van der Waals surface area contributed by atoms with Crippen molar-refractivity contribution in [3.8, 4) is 11.4 Å². The molecular formula is C15H14BrN3O3S. The lowest BCUT2D eigenvalue weighted by Gasteiger charge is -2.17. The van der Waals surface area contributed by atoms with Crippen LogP contribution in [0.15, 0.2) is 22.7 Å². The SMILES string of the molecule is Cc1nc(CS(=O)(=O)O)c2n1CCc1c-2[nH]c2ccc(Br)cc12. The van der Waals surface area contributed by atoms with Crippen molar-refractivity contribution in [3.05, 3.63) is 39.8 Å². The number of benzene rings is 1. The topological polar surface area (TPSA) is 88.0 Å². The standard InChI is InChI=1S/C15H14BrN3O3S/c1-8-17-13(7-23(20,21)22)15-14-10(4-5-19(8)15)11-6-9(16)2-3-12(11)18-14/h2-3,6,18H,4-5,7H2,1H3,(H,20,21,22). The molecule has 1 aromatic carbocycles. The molecule has 3 aromatic rings. The molecule has 2 aromatic heterocycles. The Morgan fingerprint density at radius 1 is 1.43 bits per heavy atom. The predicted octanol–water partition coefficient (Wildman–Crippen LogP) is 3.05. The Hall–Kier alpha value is -1.64. The molecule has 1 aliphatic rings. The molecule has 0 saturated heterocycles. The molecule has 2 N–H and O–H groups in total. The smallest absolute Gasteiger partial charge is 0.270 e. The zero-order valence-corrected chi connectivity index (χ0v) is 14.7. The maximum Gasteiger partial charge on any atom is 0.270 e. The normalized spacial score (nSPS) is 14.0. The highest BCUT2D eigenvalue weighted by molar-refractivity contribution is 9.10. The number of imidazole rings is 1. The number of aromatic nitrogens is 3. The Morgan fingerprint density at radius 3 is 2.96 bits per heavy atom. The second-order valence-electron chi connectivity index (χ2n) is 5.75. The van der Waals surface area contributed by atoms with E-state index in [9.17, 15) is 13.0 Å². The first-order valence-corrected chi connectivity index (χ1v) is 9.55. The molecule has 0 atom stereocenters. The number of nitrogens with one attached hydrogen (secondary N) is 1. The van der Waals surface area contributed by atoms with Crippen molar-refractivity contribution in [2.45, 2.75) is 25.6 Å². The number of aryl methyl sites for hydroxylation is 2. The molecule has 0 unspecified atom stereocenters. The van der Waals surface area contributed by atoms with E-state index in [4.69, 9.17) is 0 Å². The Labute approximate surface area is 141 Å². The second kappa shape index (κ2) is 4.93. The molecule has 23 heavy (non-hydrogen) atoms. The molecule has 0 radical (unpaired) electrons.